The number of carbonyl (C=O) groups excluding carboxylic acids is 1. The topological polar surface area (TPSA) is 59.9 Å². The average molecular weight is 333 g/mol. The predicted octanol–water partition coefficient (Wildman–Crippen LogP) is 3.27. The molecule has 2 aromatic rings. The Hall–Kier alpha value is -2.53. The molecule has 120 valence electrons. The van der Waals surface area contributed by atoms with E-state index < -0.39 is 0 Å². The van der Waals surface area contributed by atoms with Crippen LogP contribution in [0.25, 0.3) is 0 Å². The molecule has 5 nitrogen and oxygen atoms in total. The Kier molecular flexibility index (Phi) is 6.44. The van der Waals surface area contributed by atoms with Crippen molar-refractivity contribution in [2.45, 2.75) is 6.92 Å². The van der Waals surface area contributed by atoms with Gasteiger partial charge in [-0.2, -0.15) is 5.10 Å². The van der Waals surface area contributed by atoms with E-state index in [4.69, 9.17) is 21.1 Å². The number of hydrazone groups is 1. The van der Waals surface area contributed by atoms with Crippen LogP contribution in [-0.4, -0.2) is 25.3 Å². The maximum Gasteiger partial charge on any atom is 0.277 e. The van der Waals surface area contributed by atoms with Crippen LogP contribution in [0.2, 0.25) is 5.02 Å². The highest BCUT2D eigenvalue weighted by atomic mass is 35.5. The van der Waals surface area contributed by atoms with Crippen molar-refractivity contribution in [1.82, 2.24) is 5.43 Å². The van der Waals surface area contributed by atoms with Crippen LogP contribution in [0, 0.1) is 0 Å². The fourth-order valence-corrected chi connectivity index (χ4v) is 1.92. The van der Waals surface area contributed by atoms with E-state index in [1.807, 2.05) is 31.2 Å². The van der Waals surface area contributed by atoms with Gasteiger partial charge in [-0.05, 0) is 48.9 Å². The van der Waals surface area contributed by atoms with Crippen molar-refractivity contribution in [3.63, 3.8) is 0 Å². The van der Waals surface area contributed by atoms with E-state index >= 15 is 0 Å². The Bertz CT molecular complexity index is 672. The van der Waals surface area contributed by atoms with Crippen molar-refractivity contribution in [3.8, 4) is 11.5 Å². The third kappa shape index (κ3) is 5.64. The lowest BCUT2D eigenvalue weighted by molar-refractivity contribution is -0.123. The molecule has 0 fully saturated rings. The van der Waals surface area contributed by atoms with E-state index in [2.05, 4.69) is 10.5 Å². The van der Waals surface area contributed by atoms with Crippen molar-refractivity contribution in [3.05, 3.63) is 59.1 Å². The smallest absolute Gasteiger partial charge is 0.277 e. The third-order valence-electron chi connectivity index (χ3n) is 2.79. The summed E-state index contributed by atoms with van der Waals surface area (Å²) in [5.74, 6) is 0.883. The van der Waals surface area contributed by atoms with Crippen molar-refractivity contribution in [1.29, 1.82) is 0 Å². The van der Waals surface area contributed by atoms with Gasteiger partial charge in [0.2, 0.25) is 0 Å². The summed E-state index contributed by atoms with van der Waals surface area (Å²) < 4.78 is 10.7. The van der Waals surface area contributed by atoms with Crippen LogP contribution in [0.15, 0.2) is 53.6 Å². The van der Waals surface area contributed by atoms with Crippen molar-refractivity contribution >= 4 is 23.7 Å². The first-order valence-corrected chi connectivity index (χ1v) is 7.49. The largest absolute Gasteiger partial charge is 0.494 e. The van der Waals surface area contributed by atoms with Crippen molar-refractivity contribution < 1.29 is 14.3 Å². The SMILES string of the molecule is CCOc1ccc(/C=N\NC(=O)COc2ccccc2Cl)cc1. The molecule has 0 heterocycles. The molecule has 0 bridgehead atoms. The Morgan fingerprint density at radius 3 is 2.61 bits per heavy atom. The monoisotopic (exact) mass is 332 g/mol. The van der Waals surface area contributed by atoms with Crippen LogP contribution in [0.4, 0.5) is 0 Å². The van der Waals surface area contributed by atoms with E-state index in [0.29, 0.717) is 17.4 Å². The van der Waals surface area contributed by atoms with Crippen LogP contribution in [0.5, 0.6) is 11.5 Å². The molecule has 0 atom stereocenters. The van der Waals surface area contributed by atoms with E-state index in [9.17, 15) is 4.79 Å². The molecule has 1 amide bonds. The van der Waals surface area contributed by atoms with Gasteiger partial charge in [0, 0.05) is 0 Å². The highest BCUT2D eigenvalue weighted by molar-refractivity contribution is 6.32. The average Bonchev–Trinajstić information content (AvgIpc) is 2.56. The molecule has 2 aromatic carbocycles. The number of hydrogen-bond acceptors (Lipinski definition) is 4. The van der Waals surface area contributed by atoms with Gasteiger partial charge in [0.25, 0.3) is 5.91 Å². The van der Waals surface area contributed by atoms with Gasteiger partial charge < -0.3 is 9.47 Å². The highest BCUT2D eigenvalue weighted by Gasteiger charge is 2.04. The highest BCUT2D eigenvalue weighted by Crippen LogP contribution is 2.22. The standard InChI is InChI=1S/C17H17ClN2O3/c1-2-22-14-9-7-13(8-10-14)11-19-20-17(21)12-23-16-6-4-3-5-15(16)18/h3-11H,2,12H2,1H3,(H,20,21)/b19-11-. The number of para-hydroxylation sites is 1. The number of benzene rings is 2. The third-order valence-corrected chi connectivity index (χ3v) is 3.10. The minimum atomic E-state index is -0.368. The summed E-state index contributed by atoms with van der Waals surface area (Å²) in [5, 5.41) is 4.33. The van der Waals surface area contributed by atoms with Gasteiger partial charge >= 0.3 is 0 Å². The number of carbonyl (C=O) groups is 1. The zero-order valence-corrected chi connectivity index (χ0v) is 13.4. The first-order valence-electron chi connectivity index (χ1n) is 7.11. The maximum atomic E-state index is 11.6. The lowest BCUT2D eigenvalue weighted by Crippen LogP contribution is -2.24. The lowest BCUT2D eigenvalue weighted by atomic mass is 10.2. The molecule has 23 heavy (non-hydrogen) atoms. The van der Waals surface area contributed by atoms with E-state index in [0.717, 1.165) is 11.3 Å². The van der Waals surface area contributed by atoms with Gasteiger partial charge in [-0.1, -0.05) is 23.7 Å². The Labute approximate surface area is 139 Å². The van der Waals surface area contributed by atoms with E-state index in [1.54, 1.807) is 30.5 Å². The number of halogens is 1. The minimum absolute atomic E-state index is 0.162. The quantitative estimate of drug-likeness (QED) is 0.625. The lowest BCUT2D eigenvalue weighted by Gasteiger charge is -2.06. The summed E-state index contributed by atoms with van der Waals surface area (Å²) in [6.45, 7) is 2.38. The number of ether oxygens (including phenoxy) is 2. The Balaban J connectivity index is 1.78. The molecule has 0 aromatic heterocycles. The van der Waals surface area contributed by atoms with Gasteiger partial charge in [0.05, 0.1) is 17.8 Å². The number of hydrogen-bond donors (Lipinski definition) is 1. The molecule has 0 aliphatic heterocycles. The maximum absolute atomic E-state index is 11.6. The van der Waals surface area contributed by atoms with Crippen LogP contribution in [0.1, 0.15) is 12.5 Å². The second-order valence-corrected chi connectivity index (χ2v) is 4.92. The molecule has 6 heteroatoms. The molecule has 0 saturated carbocycles. The first kappa shape index (κ1) is 16.8. The fraction of sp³-hybridized carbons (Fsp3) is 0.176. The molecule has 0 aliphatic rings. The molecule has 0 saturated heterocycles. The molecule has 1 N–H and O–H groups in total. The summed E-state index contributed by atoms with van der Waals surface area (Å²) in [7, 11) is 0. The van der Waals surface area contributed by atoms with E-state index in [-0.39, 0.29) is 12.5 Å². The van der Waals surface area contributed by atoms with Crippen LogP contribution in [-0.2, 0) is 4.79 Å². The van der Waals surface area contributed by atoms with Crippen LogP contribution < -0.4 is 14.9 Å². The van der Waals surface area contributed by atoms with Gasteiger partial charge in [0.1, 0.15) is 11.5 Å². The van der Waals surface area contributed by atoms with Gasteiger partial charge in [0.15, 0.2) is 6.61 Å². The summed E-state index contributed by atoms with van der Waals surface area (Å²) in [6.07, 6.45) is 1.54. The van der Waals surface area contributed by atoms with Crippen molar-refractivity contribution in [2.24, 2.45) is 5.10 Å². The van der Waals surface area contributed by atoms with Gasteiger partial charge in [-0.15, -0.1) is 0 Å². The number of nitrogens with zero attached hydrogens (tertiary/aromatic N) is 1. The van der Waals surface area contributed by atoms with Crippen LogP contribution >= 0.6 is 11.6 Å². The molecule has 0 unspecified atom stereocenters. The number of rotatable bonds is 7. The zero-order valence-electron chi connectivity index (χ0n) is 12.7. The number of nitrogens with one attached hydrogen (secondary N) is 1. The summed E-state index contributed by atoms with van der Waals surface area (Å²) in [6, 6.07) is 14.3. The predicted molar refractivity (Wildman–Crippen MR) is 90.3 cm³/mol. The molecular formula is C17H17ClN2O3. The molecule has 2 rings (SSSR count). The fourth-order valence-electron chi connectivity index (χ4n) is 1.73. The first-order chi connectivity index (χ1) is 11.2. The van der Waals surface area contributed by atoms with Crippen LogP contribution in [0.3, 0.4) is 0 Å². The summed E-state index contributed by atoms with van der Waals surface area (Å²) in [5.41, 5.74) is 3.24. The minimum Gasteiger partial charge on any atom is -0.494 e. The second-order valence-electron chi connectivity index (χ2n) is 4.51. The molecule has 0 spiro atoms. The Morgan fingerprint density at radius 2 is 1.91 bits per heavy atom. The van der Waals surface area contributed by atoms with E-state index in [1.165, 1.54) is 0 Å². The second kappa shape index (κ2) is 8.80. The molecule has 0 aliphatic carbocycles. The zero-order chi connectivity index (χ0) is 16.5. The van der Waals surface area contributed by atoms with Crippen molar-refractivity contribution in [2.75, 3.05) is 13.2 Å². The normalized spacial score (nSPS) is 10.5. The van der Waals surface area contributed by atoms with Gasteiger partial charge in [-0.3, -0.25) is 4.79 Å². The summed E-state index contributed by atoms with van der Waals surface area (Å²) >= 11 is 5.93. The molecule has 0 radical (unpaired) electrons. The summed E-state index contributed by atoms with van der Waals surface area (Å²) in [4.78, 5) is 11.6. The number of amides is 1. The van der Waals surface area contributed by atoms with Gasteiger partial charge in [-0.25, -0.2) is 5.43 Å². The molecular weight excluding hydrogens is 316 g/mol. The Morgan fingerprint density at radius 1 is 1.17 bits per heavy atom.